The van der Waals surface area contributed by atoms with Crippen LogP contribution in [0.1, 0.15) is 82.3 Å². The Bertz CT molecular complexity index is 1720. The molecular weight excluding hydrogens is 630 g/mol. The zero-order chi connectivity index (χ0) is 35.6. The second-order valence-corrected chi connectivity index (χ2v) is 12.2. The molecule has 0 spiro atoms. The minimum atomic E-state index is -1.05. The molecule has 0 saturated heterocycles. The second-order valence-electron chi connectivity index (χ2n) is 12.2. The minimum absolute atomic E-state index is 0.106. The molecule has 0 radical (unpaired) electrons. The maximum atomic E-state index is 12.4. The van der Waals surface area contributed by atoms with Crippen LogP contribution in [0.2, 0.25) is 0 Å². The van der Waals surface area contributed by atoms with E-state index in [1.165, 1.54) is 57.4 Å². The molecule has 9 nitrogen and oxygen atoms in total. The Morgan fingerprint density at radius 3 is 1.82 bits per heavy atom. The van der Waals surface area contributed by atoms with Crippen LogP contribution in [-0.2, 0) is 14.4 Å². The van der Waals surface area contributed by atoms with Crippen molar-refractivity contribution >= 4 is 30.0 Å². The molecule has 3 aromatic carbocycles. The van der Waals surface area contributed by atoms with E-state index in [1.807, 2.05) is 60.7 Å². The number of carboxylic acids is 2. The van der Waals surface area contributed by atoms with Gasteiger partial charge in [-0.25, -0.2) is 14.6 Å². The molecule has 262 valence electrons. The number of nitrogens with zero attached hydrogens (tertiary/aromatic N) is 1. The van der Waals surface area contributed by atoms with E-state index < -0.39 is 18.5 Å². The van der Waals surface area contributed by atoms with Crippen molar-refractivity contribution < 1.29 is 29.3 Å². The molecule has 0 bridgehead atoms. The van der Waals surface area contributed by atoms with Crippen LogP contribution in [0.5, 0.6) is 5.75 Å². The summed E-state index contributed by atoms with van der Waals surface area (Å²) < 4.78 is 5.30. The number of unbranched alkanes of at least 4 members (excludes halogenated alkanes) is 9. The number of amides is 1. The standard InChI is InChI=1S/C41H47N3O6/c1-2-3-4-5-6-7-8-9-10-11-28-42-36(45)26-16-30-12-18-32(19-13-30)39-40(33-22-24-35(25-23-33)50-29-38(48)49)44-41(43-39)34-20-14-31(15-21-34)17-27-37(46)47/h12-27H,2-11,28-29H2,1H3,(H,42,45)(H,43,44)(H,46,47)(H,48,49). The summed E-state index contributed by atoms with van der Waals surface area (Å²) in [5.41, 5.74) is 5.59. The zero-order valence-corrected chi connectivity index (χ0v) is 28.7. The smallest absolute Gasteiger partial charge is 0.341 e. The van der Waals surface area contributed by atoms with Crippen LogP contribution in [0.4, 0.5) is 0 Å². The van der Waals surface area contributed by atoms with Gasteiger partial charge in [-0.05, 0) is 54.0 Å². The summed E-state index contributed by atoms with van der Waals surface area (Å²) in [5, 5.41) is 20.9. The highest BCUT2D eigenvalue weighted by atomic mass is 16.5. The Kier molecular flexibility index (Phi) is 15.1. The molecule has 0 saturated carbocycles. The largest absolute Gasteiger partial charge is 0.482 e. The van der Waals surface area contributed by atoms with Gasteiger partial charge in [-0.2, -0.15) is 0 Å². The molecular formula is C41H47N3O6. The van der Waals surface area contributed by atoms with Crippen LogP contribution in [0, 0.1) is 0 Å². The van der Waals surface area contributed by atoms with Gasteiger partial charge in [-0.15, -0.1) is 0 Å². The third-order valence-electron chi connectivity index (χ3n) is 8.25. The summed E-state index contributed by atoms with van der Waals surface area (Å²) in [4.78, 5) is 42.6. The van der Waals surface area contributed by atoms with Gasteiger partial charge in [-0.3, -0.25) is 4.79 Å². The highest BCUT2D eigenvalue weighted by Gasteiger charge is 2.16. The fourth-order valence-corrected chi connectivity index (χ4v) is 5.52. The van der Waals surface area contributed by atoms with E-state index in [4.69, 9.17) is 19.9 Å². The SMILES string of the molecule is CCCCCCCCCCCCNC(=O)C=Cc1ccc(-c2[nH]c(-c3ccc(C=CC(=O)O)cc3)nc2-c2ccc(OCC(=O)O)cc2)cc1. The number of imidazole rings is 1. The lowest BCUT2D eigenvalue weighted by Crippen LogP contribution is -2.21. The number of aromatic amines is 1. The molecule has 0 unspecified atom stereocenters. The average Bonchev–Trinajstić information content (AvgIpc) is 3.57. The monoisotopic (exact) mass is 677 g/mol. The number of nitrogens with one attached hydrogen (secondary N) is 2. The normalized spacial score (nSPS) is 11.3. The van der Waals surface area contributed by atoms with Crippen molar-refractivity contribution in [3.63, 3.8) is 0 Å². The molecule has 0 atom stereocenters. The molecule has 1 amide bonds. The first-order valence-corrected chi connectivity index (χ1v) is 17.4. The quantitative estimate of drug-likeness (QED) is 0.0509. The fraction of sp³-hybridized carbons (Fsp3) is 0.317. The van der Waals surface area contributed by atoms with E-state index in [9.17, 15) is 14.4 Å². The lowest BCUT2D eigenvalue weighted by Gasteiger charge is -2.06. The maximum absolute atomic E-state index is 12.4. The molecule has 0 fully saturated rings. The third-order valence-corrected chi connectivity index (χ3v) is 8.25. The number of aliphatic carboxylic acids is 2. The molecule has 50 heavy (non-hydrogen) atoms. The molecule has 0 aliphatic rings. The lowest BCUT2D eigenvalue weighted by atomic mass is 10.0. The van der Waals surface area contributed by atoms with Crippen molar-refractivity contribution in [3.8, 4) is 39.7 Å². The molecule has 1 heterocycles. The minimum Gasteiger partial charge on any atom is -0.482 e. The summed E-state index contributed by atoms with van der Waals surface area (Å²) in [7, 11) is 0. The highest BCUT2D eigenvalue weighted by molar-refractivity contribution is 5.92. The Morgan fingerprint density at radius 2 is 1.24 bits per heavy atom. The first-order valence-electron chi connectivity index (χ1n) is 17.4. The number of carboxylic acid groups (broad SMARTS) is 2. The van der Waals surface area contributed by atoms with Crippen molar-refractivity contribution in [1.29, 1.82) is 0 Å². The number of hydrogen-bond acceptors (Lipinski definition) is 5. The number of rotatable bonds is 21. The number of H-pyrrole nitrogens is 1. The van der Waals surface area contributed by atoms with E-state index in [0.29, 0.717) is 23.8 Å². The fourth-order valence-electron chi connectivity index (χ4n) is 5.52. The van der Waals surface area contributed by atoms with E-state index in [1.54, 1.807) is 24.3 Å². The first-order chi connectivity index (χ1) is 24.3. The van der Waals surface area contributed by atoms with E-state index >= 15 is 0 Å². The van der Waals surface area contributed by atoms with Crippen molar-refractivity contribution in [2.45, 2.75) is 71.1 Å². The topological polar surface area (TPSA) is 142 Å². The number of hydrogen-bond donors (Lipinski definition) is 4. The maximum Gasteiger partial charge on any atom is 0.341 e. The van der Waals surface area contributed by atoms with Gasteiger partial charge in [-0.1, -0.05) is 113 Å². The summed E-state index contributed by atoms with van der Waals surface area (Å²) in [6.45, 7) is 2.49. The average molecular weight is 678 g/mol. The summed E-state index contributed by atoms with van der Waals surface area (Å²) in [5.74, 6) is -1.12. The van der Waals surface area contributed by atoms with Crippen LogP contribution in [-0.4, -0.2) is 51.2 Å². The van der Waals surface area contributed by atoms with Crippen LogP contribution >= 0.6 is 0 Å². The second kappa shape index (κ2) is 20.2. The Balaban J connectivity index is 1.40. The van der Waals surface area contributed by atoms with Crippen molar-refractivity contribution in [2.24, 2.45) is 0 Å². The summed E-state index contributed by atoms with van der Waals surface area (Å²) in [6.07, 6.45) is 18.6. The third kappa shape index (κ3) is 12.5. The van der Waals surface area contributed by atoms with Gasteiger partial charge in [0.15, 0.2) is 6.61 Å². The van der Waals surface area contributed by atoms with Gasteiger partial charge < -0.3 is 25.3 Å². The lowest BCUT2D eigenvalue weighted by molar-refractivity contribution is -0.139. The van der Waals surface area contributed by atoms with Gasteiger partial charge in [0.25, 0.3) is 0 Å². The van der Waals surface area contributed by atoms with E-state index in [0.717, 1.165) is 52.4 Å². The predicted octanol–water partition coefficient (Wildman–Crippen LogP) is 9.02. The van der Waals surface area contributed by atoms with Crippen LogP contribution in [0.3, 0.4) is 0 Å². The van der Waals surface area contributed by atoms with Gasteiger partial charge >= 0.3 is 11.9 Å². The van der Waals surface area contributed by atoms with Gasteiger partial charge in [0.05, 0.1) is 11.4 Å². The Hall–Kier alpha value is -5.44. The molecule has 1 aromatic heterocycles. The predicted molar refractivity (Wildman–Crippen MR) is 199 cm³/mol. The van der Waals surface area contributed by atoms with Gasteiger partial charge in [0, 0.05) is 35.4 Å². The number of carbonyl (C=O) groups excluding carboxylic acids is 1. The van der Waals surface area contributed by atoms with Crippen molar-refractivity contribution in [2.75, 3.05) is 13.2 Å². The number of aromatic nitrogens is 2. The summed E-state index contributed by atoms with van der Waals surface area (Å²) in [6, 6.07) is 22.2. The molecule has 0 aliphatic heterocycles. The first kappa shape index (κ1) is 37.4. The molecule has 9 heteroatoms. The van der Waals surface area contributed by atoms with Crippen molar-refractivity contribution in [3.05, 3.63) is 96.1 Å². The zero-order valence-electron chi connectivity index (χ0n) is 28.7. The van der Waals surface area contributed by atoms with Crippen LogP contribution in [0.15, 0.2) is 84.9 Å². The van der Waals surface area contributed by atoms with E-state index in [2.05, 4.69) is 17.2 Å². The molecule has 4 aromatic rings. The van der Waals surface area contributed by atoms with E-state index in [-0.39, 0.29) is 5.91 Å². The van der Waals surface area contributed by atoms with Crippen LogP contribution < -0.4 is 10.1 Å². The van der Waals surface area contributed by atoms with Gasteiger partial charge in [0.1, 0.15) is 11.6 Å². The molecule has 4 N–H and O–H groups in total. The van der Waals surface area contributed by atoms with Gasteiger partial charge in [0.2, 0.25) is 5.91 Å². The number of benzene rings is 3. The Morgan fingerprint density at radius 1 is 0.700 bits per heavy atom. The van der Waals surface area contributed by atoms with Crippen molar-refractivity contribution in [1.82, 2.24) is 15.3 Å². The molecule has 0 aliphatic carbocycles. The summed E-state index contributed by atoms with van der Waals surface area (Å²) >= 11 is 0. The Labute approximate surface area is 294 Å². The van der Waals surface area contributed by atoms with Crippen LogP contribution in [0.25, 0.3) is 46.1 Å². The number of carbonyl (C=O) groups is 3. The molecule has 4 rings (SSSR count). The highest BCUT2D eigenvalue weighted by Crippen LogP contribution is 2.34. The number of ether oxygens (including phenoxy) is 1.